The van der Waals surface area contributed by atoms with E-state index in [4.69, 9.17) is 33.7 Å². The highest BCUT2D eigenvalue weighted by molar-refractivity contribution is 14.1. The van der Waals surface area contributed by atoms with E-state index < -0.39 is 6.03 Å². The van der Waals surface area contributed by atoms with Gasteiger partial charge >= 0.3 is 6.03 Å². The quantitative estimate of drug-likeness (QED) is 0.299. The number of carbonyl (C=O) groups is 1. The van der Waals surface area contributed by atoms with E-state index in [0.717, 1.165) is 24.0 Å². The van der Waals surface area contributed by atoms with Gasteiger partial charge in [0.25, 0.3) is 0 Å². The van der Waals surface area contributed by atoms with Crippen LogP contribution >= 0.6 is 68.4 Å². The number of halogens is 4. The zero-order valence-electron chi connectivity index (χ0n) is 12.0. The number of hydrogen-bond donors (Lipinski definition) is 2. The molecule has 24 heavy (non-hydrogen) atoms. The zero-order valence-corrected chi connectivity index (χ0v) is 17.9. The first kappa shape index (κ1) is 19.5. The van der Waals surface area contributed by atoms with E-state index in [1.807, 2.05) is 18.2 Å². The Bertz CT molecular complexity index is 777. The summed E-state index contributed by atoms with van der Waals surface area (Å²) >= 11 is 16.4. The molecule has 0 fully saturated rings. The molecule has 0 aliphatic heterocycles. The Kier molecular flexibility index (Phi) is 7.38. The van der Waals surface area contributed by atoms with E-state index in [1.54, 1.807) is 12.1 Å². The van der Waals surface area contributed by atoms with Crippen LogP contribution in [-0.2, 0) is 6.61 Å². The average Bonchev–Trinajstić information content (AvgIpc) is 2.48. The Balaban J connectivity index is 2.13. The summed E-state index contributed by atoms with van der Waals surface area (Å²) in [6, 6.07) is 8.34. The highest BCUT2D eigenvalue weighted by Gasteiger charge is 2.10. The normalized spacial score (nSPS) is 10.8. The third-order valence-corrected chi connectivity index (χ3v) is 4.99. The van der Waals surface area contributed by atoms with Crippen molar-refractivity contribution in [2.24, 2.45) is 10.8 Å². The van der Waals surface area contributed by atoms with Gasteiger partial charge in [-0.15, -0.1) is 0 Å². The van der Waals surface area contributed by atoms with Crippen LogP contribution in [0.25, 0.3) is 0 Å². The Morgan fingerprint density at radius 1 is 1.25 bits per heavy atom. The molecule has 0 bridgehead atoms. The molecule has 0 spiro atoms. The molecule has 0 aliphatic rings. The van der Waals surface area contributed by atoms with Crippen molar-refractivity contribution >= 4 is 80.6 Å². The Hall–Kier alpha value is -0.780. The zero-order chi connectivity index (χ0) is 17.7. The molecule has 2 aromatic carbocycles. The summed E-state index contributed by atoms with van der Waals surface area (Å²) in [5, 5.41) is 4.89. The van der Waals surface area contributed by atoms with Gasteiger partial charge in [0, 0.05) is 15.6 Å². The highest BCUT2D eigenvalue weighted by atomic mass is 127. The molecule has 0 radical (unpaired) electrons. The molecule has 2 amide bonds. The van der Waals surface area contributed by atoms with Crippen molar-refractivity contribution in [1.29, 1.82) is 0 Å². The number of amides is 2. The lowest BCUT2D eigenvalue weighted by molar-refractivity contribution is 0.249. The first-order chi connectivity index (χ1) is 11.4. The monoisotopic (exact) mass is 589 g/mol. The molecule has 0 atom stereocenters. The van der Waals surface area contributed by atoms with E-state index in [2.05, 4.69) is 55.7 Å². The molecule has 0 saturated heterocycles. The van der Waals surface area contributed by atoms with Crippen molar-refractivity contribution in [1.82, 2.24) is 5.43 Å². The number of nitrogens with one attached hydrogen (secondary N) is 1. The lowest BCUT2D eigenvalue weighted by atomic mass is 10.2. The van der Waals surface area contributed by atoms with Gasteiger partial charge in [-0.05, 0) is 75.0 Å². The Morgan fingerprint density at radius 2 is 1.92 bits per heavy atom. The summed E-state index contributed by atoms with van der Waals surface area (Å²) in [4.78, 5) is 10.6. The van der Waals surface area contributed by atoms with Crippen LogP contribution in [0.5, 0.6) is 5.75 Å². The standard InChI is InChI=1S/C15H11Cl2I2N3O2/c16-10-2-1-9(11(17)5-10)7-24-14-12(18)3-8(4-13(14)19)6-21-22-15(20)23/h1-6H,7H2,(H3,20,22,23)/b21-6-. The number of benzene rings is 2. The highest BCUT2D eigenvalue weighted by Crippen LogP contribution is 2.30. The van der Waals surface area contributed by atoms with Crippen molar-refractivity contribution in [2.45, 2.75) is 6.61 Å². The lowest BCUT2D eigenvalue weighted by Gasteiger charge is -2.12. The fourth-order valence-electron chi connectivity index (χ4n) is 1.75. The molecule has 2 aromatic rings. The fraction of sp³-hybridized carbons (Fsp3) is 0.0667. The second kappa shape index (κ2) is 9.07. The second-order valence-electron chi connectivity index (χ2n) is 4.57. The van der Waals surface area contributed by atoms with Gasteiger partial charge in [0.2, 0.25) is 0 Å². The molecule has 0 heterocycles. The van der Waals surface area contributed by atoms with Gasteiger partial charge in [-0.25, -0.2) is 10.2 Å². The van der Waals surface area contributed by atoms with Crippen molar-refractivity contribution in [3.05, 3.63) is 58.6 Å². The van der Waals surface area contributed by atoms with Gasteiger partial charge < -0.3 is 10.5 Å². The SMILES string of the molecule is NC(=O)N/N=C\c1cc(I)c(OCc2ccc(Cl)cc2Cl)c(I)c1. The number of rotatable bonds is 5. The molecule has 0 aromatic heterocycles. The maximum absolute atomic E-state index is 10.6. The van der Waals surface area contributed by atoms with Crippen LogP contribution in [0.4, 0.5) is 4.79 Å². The number of hydrazone groups is 1. The predicted molar refractivity (Wildman–Crippen MR) is 113 cm³/mol. The Labute approximate surface area is 176 Å². The smallest absolute Gasteiger partial charge is 0.332 e. The van der Waals surface area contributed by atoms with Crippen LogP contribution in [0.1, 0.15) is 11.1 Å². The van der Waals surface area contributed by atoms with Gasteiger partial charge in [0.15, 0.2) is 0 Å². The lowest BCUT2D eigenvalue weighted by Crippen LogP contribution is -2.24. The molecule has 5 nitrogen and oxygen atoms in total. The minimum absolute atomic E-state index is 0.332. The fourth-order valence-corrected chi connectivity index (χ4v) is 4.34. The first-order valence-corrected chi connectivity index (χ1v) is 9.42. The van der Waals surface area contributed by atoms with Gasteiger partial charge in [-0.3, -0.25) is 0 Å². The van der Waals surface area contributed by atoms with E-state index in [-0.39, 0.29) is 0 Å². The maximum Gasteiger partial charge on any atom is 0.332 e. The van der Waals surface area contributed by atoms with E-state index in [1.165, 1.54) is 6.21 Å². The van der Waals surface area contributed by atoms with Crippen LogP contribution < -0.4 is 15.9 Å². The molecular formula is C15H11Cl2I2N3O2. The summed E-state index contributed by atoms with van der Waals surface area (Å²) < 4.78 is 7.71. The van der Waals surface area contributed by atoms with Crippen molar-refractivity contribution in [3.63, 3.8) is 0 Å². The minimum atomic E-state index is -0.713. The van der Waals surface area contributed by atoms with Crippen molar-refractivity contribution in [3.8, 4) is 5.75 Å². The Morgan fingerprint density at radius 3 is 2.50 bits per heavy atom. The largest absolute Gasteiger partial charge is 0.487 e. The first-order valence-electron chi connectivity index (χ1n) is 6.51. The van der Waals surface area contributed by atoms with E-state index in [9.17, 15) is 4.79 Å². The molecule has 126 valence electrons. The third-order valence-electron chi connectivity index (χ3n) is 2.80. The van der Waals surface area contributed by atoms with Crippen LogP contribution in [-0.4, -0.2) is 12.2 Å². The number of carbonyl (C=O) groups excluding carboxylic acids is 1. The molecule has 3 N–H and O–H groups in total. The van der Waals surface area contributed by atoms with Crippen molar-refractivity contribution in [2.75, 3.05) is 0 Å². The second-order valence-corrected chi connectivity index (χ2v) is 7.74. The van der Waals surface area contributed by atoms with Crippen LogP contribution in [0, 0.1) is 7.14 Å². The number of nitrogens with zero attached hydrogens (tertiary/aromatic N) is 1. The van der Waals surface area contributed by atoms with Crippen LogP contribution in [0.2, 0.25) is 10.0 Å². The molecule has 9 heteroatoms. The van der Waals surface area contributed by atoms with Gasteiger partial charge in [0.1, 0.15) is 12.4 Å². The summed E-state index contributed by atoms with van der Waals surface area (Å²) in [5.74, 6) is 0.752. The van der Waals surface area contributed by atoms with Gasteiger partial charge in [-0.1, -0.05) is 29.3 Å². The van der Waals surface area contributed by atoms with Gasteiger partial charge in [0.05, 0.1) is 13.4 Å². The summed E-state index contributed by atoms with van der Waals surface area (Å²) in [6.07, 6.45) is 1.51. The number of urea groups is 1. The average molecular weight is 590 g/mol. The maximum atomic E-state index is 10.6. The molecule has 0 unspecified atom stereocenters. The molecule has 0 aliphatic carbocycles. The summed E-state index contributed by atoms with van der Waals surface area (Å²) in [5.41, 5.74) is 8.77. The molecular weight excluding hydrogens is 579 g/mol. The predicted octanol–water partition coefficient (Wildman–Crippen LogP) is 4.78. The number of ether oxygens (including phenoxy) is 1. The number of hydrogen-bond acceptors (Lipinski definition) is 3. The van der Waals surface area contributed by atoms with E-state index in [0.29, 0.717) is 16.7 Å². The van der Waals surface area contributed by atoms with E-state index >= 15 is 0 Å². The number of primary amides is 1. The third kappa shape index (κ3) is 5.64. The summed E-state index contributed by atoms with van der Waals surface area (Å²) in [7, 11) is 0. The van der Waals surface area contributed by atoms with Crippen LogP contribution in [0.3, 0.4) is 0 Å². The van der Waals surface area contributed by atoms with Crippen LogP contribution in [0.15, 0.2) is 35.4 Å². The van der Waals surface area contributed by atoms with Crippen molar-refractivity contribution < 1.29 is 9.53 Å². The number of nitrogens with two attached hydrogens (primary N) is 1. The molecule has 0 saturated carbocycles. The summed E-state index contributed by atoms with van der Waals surface area (Å²) in [6.45, 7) is 0.332. The minimum Gasteiger partial charge on any atom is -0.487 e. The molecule has 2 rings (SSSR count). The van der Waals surface area contributed by atoms with Gasteiger partial charge in [-0.2, -0.15) is 5.10 Å². The topological polar surface area (TPSA) is 76.7 Å².